The molecule has 102 valence electrons. The average Bonchev–Trinajstić information content (AvgIpc) is 2.74. The van der Waals surface area contributed by atoms with Gasteiger partial charge in [-0.05, 0) is 36.9 Å². The largest absolute Gasteiger partial charge is 0.296 e. The lowest BCUT2D eigenvalue weighted by Crippen LogP contribution is -2.40. The molecule has 0 aliphatic heterocycles. The van der Waals surface area contributed by atoms with Crippen LogP contribution in [0.3, 0.4) is 0 Å². The molecule has 0 aromatic heterocycles. The SMILES string of the molecule is N#CC1(NCCCS(=O)(=O)O)CCc2ccccc21. The molecule has 1 aromatic rings. The molecule has 1 unspecified atom stereocenters. The molecule has 1 aliphatic carbocycles. The van der Waals surface area contributed by atoms with Crippen molar-refractivity contribution in [3.05, 3.63) is 35.4 Å². The molecular weight excluding hydrogens is 264 g/mol. The van der Waals surface area contributed by atoms with E-state index in [0.717, 1.165) is 17.5 Å². The van der Waals surface area contributed by atoms with Crippen LogP contribution >= 0.6 is 0 Å². The van der Waals surface area contributed by atoms with Crippen LogP contribution in [0.4, 0.5) is 0 Å². The average molecular weight is 280 g/mol. The van der Waals surface area contributed by atoms with E-state index >= 15 is 0 Å². The van der Waals surface area contributed by atoms with Gasteiger partial charge in [-0.3, -0.25) is 9.87 Å². The lowest BCUT2D eigenvalue weighted by molar-refractivity contribution is 0.421. The number of nitrogens with one attached hydrogen (secondary N) is 1. The Kier molecular flexibility index (Phi) is 3.90. The Balaban J connectivity index is 2.04. The normalized spacial score (nSPS) is 21.9. The van der Waals surface area contributed by atoms with Crippen LogP contribution in [0.1, 0.15) is 24.0 Å². The Hall–Kier alpha value is -1.42. The summed E-state index contributed by atoms with van der Waals surface area (Å²) < 4.78 is 29.9. The number of nitriles is 1. The summed E-state index contributed by atoms with van der Waals surface area (Å²) in [4.78, 5) is 0. The Bertz CT molecular complexity index is 607. The molecule has 0 amide bonds. The molecule has 5 nitrogen and oxygen atoms in total. The Labute approximate surface area is 113 Å². The topological polar surface area (TPSA) is 90.2 Å². The van der Waals surface area contributed by atoms with Crippen LogP contribution in [0.15, 0.2) is 24.3 Å². The van der Waals surface area contributed by atoms with Gasteiger partial charge in [-0.15, -0.1) is 0 Å². The fraction of sp³-hybridized carbons (Fsp3) is 0.462. The van der Waals surface area contributed by atoms with Crippen molar-refractivity contribution < 1.29 is 13.0 Å². The van der Waals surface area contributed by atoms with Crippen molar-refractivity contribution in [3.63, 3.8) is 0 Å². The summed E-state index contributed by atoms with van der Waals surface area (Å²) in [6.07, 6.45) is 1.81. The Morgan fingerprint density at radius 2 is 2.16 bits per heavy atom. The molecule has 0 bridgehead atoms. The summed E-state index contributed by atoms with van der Waals surface area (Å²) in [5.74, 6) is -0.289. The van der Waals surface area contributed by atoms with Gasteiger partial charge in [0, 0.05) is 0 Å². The fourth-order valence-electron chi connectivity index (χ4n) is 2.51. The third kappa shape index (κ3) is 3.13. The number of nitrogens with zero attached hydrogens (tertiary/aromatic N) is 1. The van der Waals surface area contributed by atoms with E-state index in [1.54, 1.807) is 0 Å². The van der Waals surface area contributed by atoms with Crippen LogP contribution in [0.2, 0.25) is 0 Å². The zero-order valence-corrected chi connectivity index (χ0v) is 11.3. The van der Waals surface area contributed by atoms with E-state index < -0.39 is 15.7 Å². The van der Waals surface area contributed by atoms with Crippen LogP contribution in [0.5, 0.6) is 0 Å². The molecule has 0 heterocycles. The molecular formula is C13H16N2O3S. The maximum absolute atomic E-state index is 10.6. The van der Waals surface area contributed by atoms with Gasteiger partial charge in [-0.2, -0.15) is 13.7 Å². The standard InChI is InChI=1S/C13H16N2O3S/c14-10-13(15-8-3-9-19(16,17)18)7-6-11-4-1-2-5-12(11)13/h1-2,4-5,15H,3,6-9H2,(H,16,17,18). The van der Waals surface area contributed by atoms with Gasteiger partial charge in [0.25, 0.3) is 10.1 Å². The predicted molar refractivity (Wildman–Crippen MR) is 71.1 cm³/mol. The van der Waals surface area contributed by atoms with E-state index in [2.05, 4.69) is 11.4 Å². The van der Waals surface area contributed by atoms with E-state index in [-0.39, 0.29) is 12.2 Å². The molecule has 0 saturated carbocycles. The van der Waals surface area contributed by atoms with Crippen LogP contribution in [-0.4, -0.2) is 25.3 Å². The van der Waals surface area contributed by atoms with E-state index in [1.165, 1.54) is 0 Å². The van der Waals surface area contributed by atoms with Crippen LogP contribution in [-0.2, 0) is 22.1 Å². The first-order valence-corrected chi connectivity index (χ1v) is 7.78. The first kappa shape index (κ1) is 14.0. The third-order valence-corrected chi connectivity index (χ3v) is 4.25. The van der Waals surface area contributed by atoms with E-state index in [9.17, 15) is 13.7 Å². The van der Waals surface area contributed by atoms with Gasteiger partial charge in [0.2, 0.25) is 0 Å². The first-order valence-electron chi connectivity index (χ1n) is 6.17. The smallest absolute Gasteiger partial charge is 0.264 e. The summed E-state index contributed by atoms with van der Waals surface area (Å²) in [6.45, 7) is 0.377. The first-order chi connectivity index (χ1) is 8.97. The van der Waals surface area contributed by atoms with Crippen molar-refractivity contribution in [1.29, 1.82) is 5.26 Å². The minimum Gasteiger partial charge on any atom is -0.296 e. The minimum atomic E-state index is -3.93. The molecule has 1 aromatic carbocycles. The second kappa shape index (κ2) is 5.29. The van der Waals surface area contributed by atoms with Gasteiger partial charge >= 0.3 is 0 Å². The maximum atomic E-state index is 10.6. The molecule has 1 atom stereocenters. The zero-order valence-electron chi connectivity index (χ0n) is 10.5. The Morgan fingerprint density at radius 3 is 2.84 bits per heavy atom. The number of hydrogen-bond donors (Lipinski definition) is 2. The number of fused-ring (bicyclic) bond motifs is 1. The Morgan fingerprint density at radius 1 is 1.42 bits per heavy atom. The van der Waals surface area contributed by atoms with Gasteiger partial charge < -0.3 is 0 Å². The van der Waals surface area contributed by atoms with Gasteiger partial charge in [0.1, 0.15) is 5.54 Å². The van der Waals surface area contributed by atoms with Crippen LogP contribution in [0, 0.1) is 11.3 Å². The monoisotopic (exact) mass is 280 g/mol. The van der Waals surface area contributed by atoms with Crippen molar-refractivity contribution in [2.24, 2.45) is 0 Å². The number of rotatable bonds is 5. The van der Waals surface area contributed by atoms with Crippen molar-refractivity contribution in [2.75, 3.05) is 12.3 Å². The predicted octanol–water partition coefficient (Wildman–Crippen LogP) is 1.22. The van der Waals surface area contributed by atoms with Crippen molar-refractivity contribution in [3.8, 4) is 6.07 Å². The van der Waals surface area contributed by atoms with E-state index in [4.69, 9.17) is 4.55 Å². The van der Waals surface area contributed by atoms with Gasteiger partial charge in [-0.1, -0.05) is 24.3 Å². The van der Waals surface area contributed by atoms with Crippen LogP contribution < -0.4 is 5.32 Å². The molecule has 0 saturated heterocycles. The summed E-state index contributed by atoms with van der Waals surface area (Å²) in [6, 6.07) is 10.1. The third-order valence-electron chi connectivity index (χ3n) is 3.44. The van der Waals surface area contributed by atoms with Crippen molar-refractivity contribution in [2.45, 2.75) is 24.8 Å². The van der Waals surface area contributed by atoms with Crippen LogP contribution in [0.25, 0.3) is 0 Å². The molecule has 2 rings (SSSR count). The summed E-state index contributed by atoms with van der Waals surface area (Å²) in [5.41, 5.74) is 1.41. The zero-order chi connectivity index (χ0) is 13.9. The highest BCUT2D eigenvalue weighted by molar-refractivity contribution is 7.85. The number of hydrogen-bond acceptors (Lipinski definition) is 4. The van der Waals surface area contributed by atoms with E-state index in [1.807, 2.05) is 24.3 Å². The summed E-state index contributed by atoms with van der Waals surface area (Å²) in [5, 5.41) is 12.6. The van der Waals surface area contributed by atoms with E-state index in [0.29, 0.717) is 13.0 Å². The molecule has 19 heavy (non-hydrogen) atoms. The summed E-state index contributed by atoms with van der Waals surface area (Å²) >= 11 is 0. The molecule has 0 radical (unpaired) electrons. The quantitative estimate of drug-likeness (QED) is 0.625. The van der Waals surface area contributed by atoms with Gasteiger partial charge in [-0.25, -0.2) is 0 Å². The lowest BCUT2D eigenvalue weighted by Gasteiger charge is -2.23. The highest BCUT2D eigenvalue weighted by Gasteiger charge is 2.38. The lowest BCUT2D eigenvalue weighted by atomic mass is 9.93. The van der Waals surface area contributed by atoms with Crippen molar-refractivity contribution in [1.82, 2.24) is 5.32 Å². The summed E-state index contributed by atoms with van der Waals surface area (Å²) in [7, 11) is -3.93. The fourth-order valence-corrected chi connectivity index (χ4v) is 3.02. The number of aryl methyl sites for hydroxylation is 1. The highest BCUT2D eigenvalue weighted by Crippen LogP contribution is 2.36. The second-order valence-corrected chi connectivity index (χ2v) is 6.31. The molecule has 6 heteroatoms. The van der Waals surface area contributed by atoms with Gasteiger partial charge in [0.05, 0.1) is 11.8 Å². The highest BCUT2D eigenvalue weighted by atomic mass is 32.2. The second-order valence-electron chi connectivity index (χ2n) is 4.74. The number of benzene rings is 1. The van der Waals surface area contributed by atoms with Gasteiger partial charge in [0.15, 0.2) is 0 Å². The molecule has 2 N–H and O–H groups in total. The molecule has 0 fully saturated rings. The molecule has 1 aliphatic rings. The van der Waals surface area contributed by atoms with Crippen molar-refractivity contribution >= 4 is 10.1 Å². The maximum Gasteiger partial charge on any atom is 0.264 e. The minimum absolute atomic E-state index is 0.282. The molecule has 0 spiro atoms.